The quantitative estimate of drug-likeness (QED) is 0.510. The average molecular weight is 408 g/mol. The molecule has 0 aromatic heterocycles. The summed E-state index contributed by atoms with van der Waals surface area (Å²) in [7, 11) is -2.43. The van der Waals surface area contributed by atoms with Gasteiger partial charge in [0.25, 0.3) is 5.91 Å². The number of ether oxygens (including phenoxy) is 1. The number of β-amino-alcohol motifs (C(OH)–C–C–N with tert-alkyl or cyclic N) is 1. The lowest BCUT2D eigenvalue weighted by atomic mass is 10.1. The van der Waals surface area contributed by atoms with Crippen LogP contribution in [0.15, 0.2) is 23.1 Å². The molecule has 1 aromatic rings. The first-order chi connectivity index (χ1) is 11.7. The van der Waals surface area contributed by atoms with E-state index >= 15 is 0 Å². The van der Waals surface area contributed by atoms with Crippen LogP contribution in [0, 0.1) is 5.92 Å². The largest absolute Gasteiger partial charge is 0.495 e. The number of hydrogen-bond acceptors (Lipinski definition) is 6. The molecule has 0 radical (unpaired) electrons. The normalized spacial score (nSPS) is 19.9. The summed E-state index contributed by atoms with van der Waals surface area (Å²) in [5, 5.41) is 15.5. The van der Waals surface area contributed by atoms with Crippen LogP contribution in [0.4, 0.5) is 0 Å². The van der Waals surface area contributed by atoms with E-state index in [1.807, 2.05) is 0 Å². The van der Waals surface area contributed by atoms with Crippen LogP contribution in [0.1, 0.15) is 24.2 Å². The van der Waals surface area contributed by atoms with Gasteiger partial charge in [0.15, 0.2) is 0 Å². The van der Waals surface area contributed by atoms with Crippen molar-refractivity contribution in [2.45, 2.75) is 30.9 Å². The van der Waals surface area contributed by atoms with Crippen molar-refractivity contribution in [3.63, 3.8) is 0 Å². The minimum atomic E-state index is -3.80. The smallest absolute Gasteiger partial charge is 0.251 e. The zero-order valence-electron chi connectivity index (χ0n) is 15.0. The summed E-state index contributed by atoms with van der Waals surface area (Å²) in [5.41, 5.74) is 0.213. The van der Waals surface area contributed by atoms with Gasteiger partial charge in [-0.25, -0.2) is 13.1 Å². The number of benzene rings is 1. The topological polar surface area (TPSA) is 117 Å². The van der Waals surface area contributed by atoms with Crippen LogP contribution in [0.5, 0.6) is 5.75 Å². The number of methoxy groups -OCH3 is 1. The van der Waals surface area contributed by atoms with Gasteiger partial charge in [-0.15, -0.1) is 12.4 Å². The predicted molar refractivity (Wildman–Crippen MR) is 100 cm³/mol. The van der Waals surface area contributed by atoms with E-state index in [4.69, 9.17) is 4.74 Å². The third-order valence-electron chi connectivity index (χ3n) is 3.94. The van der Waals surface area contributed by atoms with Crippen molar-refractivity contribution < 1.29 is 23.1 Å². The van der Waals surface area contributed by atoms with Gasteiger partial charge in [0.1, 0.15) is 10.6 Å². The van der Waals surface area contributed by atoms with Gasteiger partial charge in [-0.3, -0.25) is 4.79 Å². The molecular weight excluding hydrogens is 382 g/mol. The third kappa shape index (κ3) is 5.55. The van der Waals surface area contributed by atoms with Gasteiger partial charge >= 0.3 is 0 Å². The van der Waals surface area contributed by atoms with Crippen molar-refractivity contribution in [2.75, 3.05) is 26.7 Å². The van der Waals surface area contributed by atoms with Crippen LogP contribution in [0.25, 0.3) is 0 Å². The molecule has 1 aromatic carbocycles. The van der Waals surface area contributed by atoms with E-state index in [-0.39, 0.29) is 40.6 Å². The van der Waals surface area contributed by atoms with Gasteiger partial charge in [-0.2, -0.15) is 0 Å². The maximum Gasteiger partial charge on any atom is 0.251 e. The predicted octanol–water partition coefficient (Wildman–Crippen LogP) is 0.114. The zero-order chi connectivity index (χ0) is 18.6. The second-order valence-corrected chi connectivity index (χ2v) is 8.02. The number of carbonyl (C=O) groups is 1. The van der Waals surface area contributed by atoms with Crippen LogP contribution >= 0.6 is 12.4 Å². The lowest BCUT2D eigenvalue weighted by molar-refractivity contribution is 0.0927. The molecule has 1 fully saturated rings. The number of hydrogen-bond donors (Lipinski definition) is 4. The van der Waals surface area contributed by atoms with Gasteiger partial charge < -0.3 is 20.5 Å². The molecule has 0 spiro atoms. The summed E-state index contributed by atoms with van der Waals surface area (Å²) in [6.07, 6.45) is -0.498. The molecule has 2 atom stereocenters. The molecule has 1 saturated heterocycles. The summed E-state index contributed by atoms with van der Waals surface area (Å²) in [6, 6.07) is 3.97. The minimum absolute atomic E-state index is 0. The number of aliphatic hydroxyl groups is 1. The van der Waals surface area contributed by atoms with Crippen molar-refractivity contribution in [3.05, 3.63) is 23.8 Å². The SMILES string of the molecule is COc1ccc(C(=O)NCC2CNCC2O)cc1S(=O)(=O)NC(C)C.Cl. The Kier molecular flexibility index (Phi) is 8.29. The lowest BCUT2D eigenvalue weighted by Crippen LogP contribution is -2.34. The highest BCUT2D eigenvalue weighted by Crippen LogP contribution is 2.25. The Hall–Kier alpha value is -1.39. The van der Waals surface area contributed by atoms with E-state index in [0.717, 1.165) is 0 Å². The number of aliphatic hydroxyl groups excluding tert-OH is 1. The molecule has 2 rings (SSSR count). The summed E-state index contributed by atoms with van der Waals surface area (Å²) in [5.74, 6) is -0.295. The van der Waals surface area contributed by atoms with Crippen LogP contribution in [0.2, 0.25) is 0 Å². The fourth-order valence-corrected chi connectivity index (χ4v) is 4.10. The molecular formula is C16H26ClN3O5S. The first kappa shape index (κ1) is 22.7. The summed E-state index contributed by atoms with van der Waals surface area (Å²) < 4.78 is 32.5. The molecule has 148 valence electrons. The Labute approximate surface area is 160 Å². The van der Waals surface area contributed by atoms with Crippen LogP contribution in [-0.2, 0) is 10.0 Å². The van der Waals surface area contributed by atoms with E-state index < -0.39 is 22.0 Å². The standard InChI is InChI=1S/C16H25N3O5S.ClH/c1-10(2)19-25(22,23)15-6-11(4-5-14(15)24-3)16(21)18-8-12-7-17-9-13(12)20;/h4-6,10,12-13,17,19-20H,7-9H2,1-3H3,(H,18,21);1H. The number of amides is 1. The van der Waals surface area contributed by atoms with E-state index in [2.05, 4.69) is 15.4 Å². The van der Waals surface area contributed by atoms with E-state index in [1.165, 1.54) is 25.3 Å². The number of halogens is 1. The molecule has 1 amide bonds. The molecule has 26 heavy (non-hydrogen) atoms. The van der Waals surface area contributed by atoms with Crippen molar-refractivity contribution in [2.24, 2.45) is 5.92 Å². The van der Waals surface area contributed by atoms with Crippen LogP contribution in [0.3, 0.4) is 0 Å². The number of nitrogens with one attached hydrogen (secondary N) is 3. The maximum atomic E-state index is 12.4. The van der Waals surface area contributed by atoms with E-state index in [0.29, 0.717) is 19.6 Å². The molecule has 1 aliphatic rings. The highest BCUT2D eigenvalue weighted by molar-refractivity contribution is 7.89. The second-order valence-electron chi connectivity index (χ2n) is 6.34. The summed E-state index contributed by atoms with van der Waals surface area (Å²) in [6.45, 7) is 4.86. The summed E-state index contributed by atoms with van der Waals surface area (Å²) in [4.78, 5) is 12.3. The fourth-order valence-electron chi connectivity index (χ4n) is 2.66. The molecule has 0 bridgehead atoms. The highest BCUT2D eigenvalue weighted by Gasteiger charge is 2.26. The van der Waals surface area contributed by atoms with Crippen molar-refractivity contribution in [1.82, 2.24) is 15.4 Å². The van der Waals surface area contributed by atoms with Gasteiger partial charge in [0.05, 0.1) is 13.2 Å². The number of sulfonamides is 1. The van der Waals surface area contributed by atoms with Gasteiger partial charge in [0, 0.05) is 37.2 Å². The monoisotopic (exact) mass is 407 g/mol. The zero-order valence-corrected chi connectivity index (χ0v) is 16.6. The Morgan fingerprint density at radius 2 is 2.08 bits per heavy atom. The summed E-state index contributed by atoms with van der Waals surface area (Å²) >= 11 is 0. The minimum Gasteiger partial charge on any atom is -0.495 e. The Morgan fingerprint density at radius 3 is 2.62 bits per heavy atom. The molecule has 0 aliphatic carbocycles. The molecule has 2 unspecified atom stereocenters. The van der Waals surface area contributed by atoms with Crippen LogP contribution in [-0.4, -0.2) is 58.3 Å². The van der Waals surface area contributed by atoms with E-state index in [1.54, 1.807) is 13.8 Å². The number of carbonyl (C=O) groups excluding carboxylic acids is 1. The lowest BCUT2D eigenvalue weighted by Gasteiger charge is -2.16. The highest BCUT2D eigenvalue weighted by atomic mass is 35.5. The van der Waals surface area contributed by atoms with Crippen molar-refractivity contribution in [1.29, 1.82) is 0 Å². The molecule has 1 aliphatic heterocycles. The Bertz CT molecular complexity index is 727. The molecule has 0 saturated carbocycles. The maximum absolute atomic E-state index is 12.4. The number of rotatable bonds is 7. The third-order valence-corrected chi connectivity index (χ3v) is 5.61. The molecule has 4 N–H and O–H groups in total. The first-order valence-electron chi connectivity index (χ1n) is 8.12. The Balaban J connectivity index is 0.00000338. The fraction of sp³-hybridized carbons (Fsp3) is 0.562. The van der Waals surface area contributed by atoms with Crippen molar-refractivity contribution in [3.8, 4) is 5.75 Å². The average Bonchev–Trinajstić information content (AvgIpc) is 2.96. The molecule has 10 heteroatoms. The van der Waals surface area contributed by atoms with Crippen LogP contribution < -0.4 is 20.1 Å². The Morgan fingerprint density at radius 1 is 1.38 bits per heavy atom. The van der Waals surface area contributed by atoms with Gasteiger partial charge in [-0.1, -0.05) is 0 Å². The molecule has 8 nitrogen and oxygen atoms in total. The van der Waals surface area contributed by atoms with Gasteiger partial charge in [-0.05, 0) is 32.0 Å². The first-order valence-corrected chi connectivity index (χ1v) is 9.60. The molecule has 1 heterocycles. The second kappa shape index (κ2) is 9.52. The van der Waals surface area contributed by atoms with Gasteiger partial charge in [0.2, 0.25) is 10.0 Å². The van der Waals surface area contributed by atoms with E-state index in [9.17, 15) is 18.3 Å². The van der Waals surface area contributed by atoms with Crippen molar-refractivity contribution >= 4 is 28.3 Å².